The molecule has 6 atom stereocenters. The summed E-state index contributed by atoms with van der Waals surface area (Å²) in [6.45, 7) is 2.18. The molecule has 2 aromatic heterocycles. The van der Waals surface area contributed by atoms with Crippen molar-refractivity contribution in [2.24, 2.45) is 5.92 Å². The standard InChI is InChI=1S/C37H38F2N6O2/c1-2-21-7-5-8-22-12-27(46)13-28(31(21)22)33-32(39)34-29(16-40-33)35(44-18-25-10-11-26(19-44)41-25)43-36(42-34)47-20-37-14-23-6-3-4-9-30(23)45(37)17-24(38)15-37/h1,5,7-8,12-13,16,23-26,30,41,46H,3-4,6,9-11,14-15,17-20H2. The van der Waals surface area contributed by atoms with Crippen LogP contribution in [0.1, 0.15) is 56.9 Å². The molecule has 4 aromatic rings. The molecule has 2 bridgehead atoms. The molecular formula is C37H38F2N6O2. The van der Waals surface area contributed by atoms with Crippen molar-refractivity contribution in [2.45, 2.75) is 81.2 Å². The number of anilines is 1. The molecule has 1 saturated carbocycles. The summed E-state index contributed by atoms with van der Waals surface area (Å²) >= 11 is 0. The first kappa shape index (κ1) is 29.1. The average molecular weight is 637 g/mol. The molecular weight excluding hydrogens is 598 g/mol. The van der Waals surface area contributed by atoms with Crippen LogP contribution in [0.4, 0.5) is 14.6 Å². The number of nitrogens with zero attached hydrogens (tertiary/aromatic N) is 5. The van der Waals surface area contributed by atoms with Crippen LogP contribution in [-0.4, -0.2) is 81.0 Å². The number of phenolic OH excluding ortho intramolecular Hbond substituents is 1. The minimum Gasteiger partial charge on any atom is -0.508 e. The highest BCUT2D eigenvalue weighted by molar-refractivity contribution is 6.02. The molecule has 1 aliphatic carbocycles. The number of terminal acetylenes is 1. The number of piperazine rings is 1. The van der Waals surface area contributed by atoms with E-state index in [0.717, 1.165) is 38.8 Å². The van der Waals surface area contributed by atoms with Gasteiger partial charge in [0.05, 0.1) is 10.9 Å². The number of benzene rings is 2. The number of rotatable bonds is 5. The van der Waals surface area contributed by atoms with Gasteiger partial charge in [-0.2, -0.15) is 9.97 Å². The number of hydrogen-bond donors (Lipinski definition) is 2. The summed E-state index contributed by atoms with van der Waals surface area (Å²) in [6, 6.07) is 9.68. The lowest BCUT2D eigenvalue weighted by Crippen LogP contribution is -2.51. The molecule has 47 heavy (non-hydrogen) atoms. The van der Waals surface area contributed by atoms with Gasteiger partial charge in [0.2, 0.25) is 0 Å². The van der Waals surface area contributed by atoms with E-state index in [9.17, 15) is 9.50 Å². The van der Waals surface area contributed by atoms with E-state index in [4.69, 9.17) is 21.1 Å². The first-order valence-electron chi connectivity index (χ1n) is 17.0. The number of halogens is 2. The summed E-state index contributed by atoms with van der Waals surface area (Å²) in [4.78, 5) is 18.8. The quantitative estimate of drug-likeness (QED) is 0.269. The van der Waals surface area contributed by atoms with Gasteiger partial charge in [0.15, 0.2) is 5.82 Å². The Balaban J connectivity index is 1.16. The summed E-state index contributed by atoms with van der Waals surface area (Å²) < 4.78 is 38.4. The largest absolute Gasteiger partial charge is 0.508 e. The fourth-order valence-corrected chi connectivity index (χ4v) is 9.62. The molecule has 10 heteroatoms. The van der Waals surface area contributed by atoms with E-state index < -0.39 is 17.5 Å². The molecule has 9 rings (SSSR count). The van der Waals surface area contributed by atoms with Gasteiger partial charge in [-0.15, -0.1) is 6.42 Å². The second-order valence-corrected chi connectivity index (χ2v) is 14.4. The number of fused-ring (bicyclic) bond motifs is 7. The van der Waals surface area contributed by atoms with Crippen LogP contribution in [0.2, 0.25) is 0 Å². The topological polar surface area (TPSA) is 86.6 Å². The van der Waals surface area contributed by atoms with Gasteiger partial charge in [-0.1, -0.05) is 30.9 Å². The molecule has 5 fully saturated rings. The number of nitrogens with one attached hydrogen (secondary N) is 1. The average Bonchev–Trinajstić information content (AvgIpc) is 3.69. The van der Waals surface area contributed by atoms with Gasteiger partial charge in [0.1, 0.15) is 35.6 Å². The molecule has 242 valence electrons. The van der Waals surface area contributed by atoms with E-state index >= 15 is 4.39 Å². The van der Waals surface area contributed by atoms with Gasteiger partial charge >= 0.3 is 6.01 Å². The summed E-state index contributed by atoms with van der Waals surface area (Å²) in [7, 11) is 0. The molecule has 6 heterocycles. The Morgan fingerprint density at radius 2 is 1.89 bits per heavy atom. The third-order valence-corrected chi connectivity index (χ3v) is 11.5. The van der Waals surface area contributed by atoms with Crippen molar-refractivity contribution in [2.75, 3.05) is 31.1 Å². The molecule has 0 spiro atoms. The van der Waals surface area contributed by atoms with Gasteiger partial charge < -0.3 is 20.1 Å². The maximum atomic E-state index is 16.9. The Hall–Kier alpha value is -4.07. The first-order valence-corrected chi connectivity index (χ1v) is 17.0. The highest BCUT2D eigenvalue weighted by Crippen LogP contribution is 2.51. The smallest absolute Gasteiger partial charge is 0.319 e. The van der Waals surface area contributed by atoms with E-state index in [2.05, 4.69) is 26.0 Å². The molecule has 6 unspecified atom stereocenters. The van der Waals surface area contributed by atoms with E-state index in [1.165, 1.54) is 25.3 Å². The maximum Gasteiger partial charge on any atom is 0.319 e. The van der Waals surface area contributed by atoms with Crippen molar-refractivity contribution >= 4 is 27.5 Å². The predicted molar refractivity (Wildman–Crippen MR) is 177 cm³/mol. The molecule has 0 amide bonds. The molecule has 8 nitrogen and oxygen atoms in total. The van der Waals surface area contributed by atoms with Gasteiger partial charge in [0, 0.05) is 66.9 Å². The van der Waals surface area contributed by atoms with E-state index in [-0.39, 0.29) is 29.6 Å². The highest BCUT2D eigenvalue weighted by Gasteiger charge is 2.57. The number of alkyl halides is 1. The molecule has 0 radical (unpaired) electrons. The number of aromatic hydroxyl groups is 1. The number of phenols is 1. The van der Waals surface area contributed by atoms with Crippen molar-refractivity contribution in [1.29, 1.82) is 0 Å². The predicted octanol–water partition coefficient (Wildman–Crippen LogP) is 5.74. The lowest BCUT2D eigenvalue weighted by Gasteiger charge is -2.36. The zero-order valence-electron chi connectivity index (χ0n) is 26.3. The highest BCUT2D eigenvalue weighted by atomic mass is 19.1. The fourth-order valence-electron chi connectivity index (χ4n) is 9.62. The van der Waals surface area contributed by atoms with Crippen molar-refractivity contribution in [3.05, 3.63) is 47.9 Å². The fraction of sp³-hybridized carbons (Fsp3) is 0.486. The van der Waals surface area contributed by atoms with Gasteiger partial charge in [-0.05, 0) is 61.6 Å². The van der Waals surface area contributed by atoms with Crippen molar-refractivity contribution < 1.29 is 18.6 Å². The second kappa shape index (κ2) is 11.0. The number of pyridine rings is 1. The lowest BCUT2D eigenvalue weighted by molar-refractivity contribution is 0.0775. The maximum absolute atomic E-state index is 16.9. The first-order chi connectivity index (χ1) is 22.9. The Morgan fingerprint density at radius 3 is 2.72 bits per heavy atom. The van der Waals surface area contributed by atoms with Crippen LogP contribution in [0, 0.1) is 24.1 Å². The minimum atomic E-state index is -0.887. The Morgan fingerprint density at radius 1 is 1.06 bits per heavy atom. The van der Waals surface area contributed by atoms with E-state index in [0.29, 0.717) is 70.1 Å². The monoisotopic (exact) mass is 636 g/mol. The molecule has 4 aliphatic heterocycles. The van der Waals surface area contributed by atoms with E-state index in [1.54, 1.807) is 18.3 Å². The number of hydrogen-bond acceptors (Lipinski definition) is 8. The summed E-state index contributed by atoms with van der Waals surface area (Å²) in [5.41, 5.74) is 0.697. The van der Waals surface area contributed by atoms with Crippen LogP contribution < -0.4 is 15.0 Å². The van der Waals surface area contributed by atoms with Gasteiger partial charge in [-0.3, -0.25) is 9.88 Å². The van der Waals surface area contributed by atoms with Crippen molar-refractivity contribution in [3.63, 3.8) is 0 Å². The summed E-state index contributed by atoms with van der Waals surface area (Å²) in [6.07, 6.45) is 14.8. The third-order valence-electron chi connectivity index (χ3n) is 11.5. The third kappa shape index (κ3) is 4.73. The molecule has 5 aliphatic rings. The molecule has 4 saturated heterocycles. The lowest BCUT2D eigenvalue weighted by atomic mass is 9.81. The molecule has 2 N–H and O–H groups in total. The van der Waals surface area contributed by atoms with Crippen LogP contribution in [0.5, 0.6) is 11.8 Å². The van der Waals surface area contributed by atoms with Crippen LogP contribution in [0.15, 0.2) is 36.5 Å². The van der Waals surface area contributed by atoms with Crippen molar-refractivity contribution in [1.82, 2.24) is 25.2 Å². The number of ether oxygens (including phenoxy) is 1. The van der Waals surface area contributed by atoms with Crippen LogP contribution in [0.25, 0.3) is 32.9 Å². The number of aromatic nitrogens is 3. The SMILES string of the molecule is C#Cc1cccc2cc(O)cc(-c3ncc4c(N5CC6CCC(C5)N6)nc(OCC56CC(F)CN5C5CCCCC5C6)nc4c3F)c12. The minimum absolute atomic E-state index is 0.0182. The van der Waals surface area contributed by atoms with Crippen LogP contribution in [0.3, 0.4) is 0 Å². The van der Waals surface area contributed by atoms with Crippen molar-refractivity contribution in [3.8, 4) is 35.4 Å². The second-order valence-electron chi connectivity index (χ2n) is 14.4. The van der Waals surface area contributed by atoms with Gasteiger partial charge in [0.25, 0.3) is 0 Å². The Bertz CT molecular complexity index is 1940. The van der Waals surface area contributed by atoms with Gasteiger partial charge in [-0.25, -0.2) is 8.78 Å². The molecule has 2 aromatic carbocycles. The summed E-state index contributed by atoms with van der Waals surface area (Å²) in [5.74, 6) is 3.19. The van der Waals surface area contributed by atoms with E-state index in [1.807, 2.05) is 12.1 Å². The Labute approximate surface area is 272 Å². The van der Waals surface area contributed by atoms with Crippen LogP contribution >= 0.6 is 0 Å². The van der Waals surface area contributed by atoms with Crippen LogP contribution in [-0.2, 0) is 0 Å². The zero-order chi connectivity index (χ0) is 31.9. The Kier molecular flexibility index (Phi) is 6.81. The normalized spacial score (nSPS) is 30.1. The summed E-state index contributed by atoms with van der Waals surface area (Å²) in [5, 5.41) is 16.1. The zero-order valence-corrected chi connectivity index (χ0v) is 26.3.